The molecule has 1 aliphatic rings. The standard InChI is InChI=1S/C17H14O5/c1-21-11-4-2-10(3-5-11)9-22-12-6-7-13-14(8-12)16(19)17(20)15(13)18/h2-8,17,20H,9H2,1H3. The number of aliphatic hydroxyl groups is 1. The number of aliphatic hydroxyl groups excluding tert-OH is 1. The molecular formula is C17H14O5. The summed E-state index contributed by atoms with van der Waals surface area (Å²) in [5.41, 5.74) is 1.41. The molecule has 0 saturated carbocycles. The maximum atomic E-state index is 11.8. The highest BCUT2D eigenvalue weighted by Crippen LogP contribution is 2.27. The van der Waals surface area contributed by atoms with Gasteiger partial charge < -0.3 is 14.6 Å². The second-order valence-electron chi connectivity index (χ2n) is 4.98. The van der Waals surface area contributed by atoms with Crippen molar-refractivity contribution in [2.45, 2.75) is 12.7 Å². The predicted octanol–water partition coefficient (Wildman–Crippen LogP) is 2.01. The zero-order valence-corrected chi connectivity index (χ0v) is 11.9. The van der Waals surface area contributed by atoms with Crippen LogP contribution in [0.3, 0.4) is 0 Å². The molecule has 2 aromatic carbocycles. The Labute approximate surface area is 127 Å². The number of benzene rings is 2. The average Bonchev–Trinajstić information content (AvgIpc) is 2.78. The van der Waals surface area contributed by atoms with Crippen LogP contribution in [0.1, 0.15) is 26.3 Å². The fraction of sp³-hybridized carbons (Fsp3) is 0.176. The number of hydrogen-bond donors (Lipinski definition) is 1. The number of Topliss-reactive ketones (excluding diaryl/α,β-unsaturated/α-hetero) is 2. The first-order valence-electron chi connectivity index (χ1n) is 6.76. The summed E-state index contributed by atoms with van der Waals surface area (Å²) in [5, 5.41) is 9.48. The first-order chi connectivity index (χ1) is 10.6. The SMILES string of the molecule is COc1ccc(COc2ccc3c(c2)C(=O)C(O)C3=O)cc1. The van der Waals surface area contributed by atoms with Crippen LogP contribution in [0.2, 0.25) is 0 Å². The Balaban J connectivity index is 1.74. The number of ether oxygens (including phenoxy) is 2. The molecule has 3 rings (SSSR count). The first kappa shape index (κ1) is 14.3. The lowest BCUT2D eigenvalue weighted by molar-refractivity contribution is 0.0663. The van der Waals surface area contributed by atoms with E-state index in [1.54, 1.807) is 13.2 Å². The van der Waals surface area contributed by atoms with Crippen LogP contribution in [0.4, 0.5) is 0 Å². The normalized spacial score (nSPS) is 16.5. The number of carbonyl (C=O) groups is 2. The molecule has 0 heterocycles. The Kier molecular flexibility index (Phi) is 3.65. The molecule has 0 bridgehead atoms. The summed E-state index contributed by atoms with van der Waals surface area (Å²) in [4.78, 5) is 23.4. The molecule has 0 fully saturated rings. The van der Waals surface area contributed by atoms with Gasteiger partial charge in [0.2, 0.25) is 0 Å². The zero-order valence-electron chi connectivity index (χ0n) is 11.9. The second-order valence-corrected chi connectivity index (χ2v) is 4.98. The van der Waals surface area contributed by atoms with E-state index in [4.69, 9.17) is 9.47 Å². The van der Waals surface area contributed by atoms with Gasteiger partial charge in [-0.3, -0.25) is 9.59 Å². The van der Waals surface area contributed by atoms with Gasteiger partial charge in [-0.15, -0.1) is 0 Å². The second kappa shape index (κ2) is 5.61. The number of carbonyl (C=O) groups excluding carboxylic acids is 2. The summed E-state index contributed by atoms with van der Waals surface area (Å²) in [5.74, 6) is 0.112. The molecule has 0 radical (unpaired) electrons. The largest absolute Gasteiger partial charge is 0.497 e. The molecule has 0 saturated heterocycles. The highest BCUT2D eigenvalue weighted by Gasteiger charge is 2.37. The van der Waals surface area contributed by atoms with Crippen LogP contribution in [-0.2, 0) is 6.61 Å². The molecule has 22 heavy (non-hydrogen) atoms. The maximum Gasteiger partial charge on any atom is 0.200 e. The summed E-state index contributed by atoms with van der Waals surface area (Å²) >= 11 is 0. The Morgan fingerprint density at radius 2 is 1.59 bits per heavy atom. The van der Waals surface area contributed by atoms with Gasteiger partial charge in [0.1, 0.15) is 18.1 Å². The van der Waals surface area contributed by atoms with E-state index in [1.165, 1.54) is 12.1 Å². The molecule has 0 aliphatic heterocycles. The summed E-state index contributed by atoms with van der Waals surface area (Å²) in [6, 6.07) is 12.0. The van der Waals surface area contributed by atoms with Crippen LogP contribution in [0.25, 0.3) is 0 Å². The van der Waals surface area contributed by atoms with Crippen LogP contribution in [0.15, 0.2) is 42.5 Å². The smallest absolute Gasteiger partial charge is 0.200 e. The van der Waals surface area contributed by atoms with Gasteiger partial charge in [0.15, 0.2) is 17.7 Å². The molecule has 1 unspecified atom stereocenters. The van der Waals surface area contributed by atoms with Crippen LogP contribution in [-0.4, -0.2) is 29.9 Å². The summed E-state index contributed by atoms with van der Waals surface area (Å²) in [7, 11) is 1.60. The van der Waals surface area contributed by atoms with E-state index in [-0.39, 0.29) is 11.1 Å². The topological polar surface area (TPSA) is 72.8 Å². The summed E-state index contributed by atoms with van der Waals surface area (Å²) in [6.07, 6.45) is -1.58. The van der Waals surface area contributed by atoms with Crippen molar-refractivity contribution < 1.29 is 24.2 Å². The molecular weight excluding hydrogens is 284 g/mol. The van der Waals surface area contributed by atoms with Crippen LogP contribution in [0, 0.1) is 0 Å². The third-order valence-corrected chi connectivity index (χ3v) is 3.58. The van der Waals surface area contributed by atoms with E-state index in [0.29, 0.717) is 12.4 Å². The fourth-order valence-electron chi connectivity index (χ4n) is 2.33. The van der Waals surface area contributed by atoms with Crippen molar-refractivity contribution in [1.82, 2.24) is 0 Å². The molecule has 1 N–H and O–H groups in total. The Bertz CT molecular complexity index is 733. The average molecular weight is 298 g/mol. The van der Waals surface area contributed by atoms with Gasteiger partial charge >= 0.3 is 0 Å². The van der Waals surface area contributed by atoms with Gasteiger partial charge in [0, 0.05) is 11.1 Å². The van der Waals surface area contributed by atoms with Crippen molar-refractivity contribution in [3.63, 3.8) is 0 Å². The first-order valence-corrected chi connectivity index (χ1v) is 6.76. The molecule has 5 nitrogen and oxygen atoms in total. The molecule has 2 aromatic rings. The van der Waals surface area contributed by atoms with E-state index in [2.05, 4.69) is 0 Å². The molecule has 1 aliphatic carbocycles. The van der Waals surface area contributed by atoms with Gasteiger partial charge in [0.25, 0.3) is 0 Å². The number of rotatable bonds is 4. The van der Waals surface area contributed by atoms with Gasteiger partial charge in [0.05, 0.1) is 7.11 Å². The molecule has 0 aromatic heterocycles. The van der Waals surface area contributed by atoms with E-state index in [0.717, 1.165) is 11.3 Å². The van der Waals surface area contributed by atoms with Gasteiger partial charge in [-0.2, -0.15) is 0 Å². The minimum atomic E-state index is -1.58. The number of fused-ring (bicyclic) bond motifs is 1. The molecule has 0 amide bonds. The lowest BCUT2D eigenvalue weighted by Gasteiger charge is -2.08. The van der Waals surface area contributed by atoms with E-state index >= 15 is 0 Å². The zero-order chi connectivity index (χ0) is 15.7. The van der Waals surface area contributed by atoms with Gasteiger partial charge in [-0.1, -0.05) is 12.1 Å². The highest BCUT2D eigenvalue weighted by molar-refractivity contribution is 6.28. The van der Waals surface area contributed by atoms with Crippen LogP contribution < -0.4 is 9.47 Å². The van der Waals surface area contributed by atoms with Crippen LogP contribution >= 0.6 is 0 Å². The van der Waals surface area contributed by atoms with Crippen molar-refractivity contribution in [3.8, 4) is 11.5 Å². The predicted molar refractivity (Wildman–Crippen MR) is 78.4 cm³/mol. The van der Waals surface area contributed by atoms with Crippen molar-refractivity contribution >= 4 is 11.6 Å². The highest BCUT2D eigenvalue weighted by atomic mass is 16.5. The minimum Gasteiger partial charge on any atom is -0.497 e. The Hall–Kier alpha value is -2.66. The van der Waals surface area contributed by atoms with E-state index < -0.39 is 17.7 Å². The van der Waals surface area contributed by atoms with Crippen molar-refractivity contribution in [3.05, 3.63) is 59.2 Å². The lowest BCUT2D eigenvalue weighted by Crippen LogP contribution is -2.20. The summed E-state index contributed by atoms with van der Waals surface area (Å²) in [6.45, 7) is 0.327. The van der Waals surface area contributed by atoms with Crippen molar-refractivity contribution in [2.24, 2.45) is 0 Å². The number of methoxy groups -OCH3 is 1. The lowest BCUT2D eigenvalue weighted by atomic mass is 10.1. The number of ketones is 2. The third-order valence-electron chi connectivity index (χ3n) is 3.58. The minimum absolute atomic E-state index is 0.213. The Morgan fingerprint density at radius 1 is 0.955 bits per heavy atom. The maximum absolute atomic E-state index is 11.8. The monoisotopic (exact) mass is 298 g/mol. The summed E-state index contributed by atoms with van der Waals surface area (Å²) < 4.78 is 10.7. The molecule has 5 heteroatoms. The molecule has 112 valence electrons. The fourth-order valence-corrected chi connectivity index (χ4v) is 2.33. The quantitative estimate of drug-likeness (QED) is 0.874. The third kappa shape index (κ3) is 2.46. The van der Waals surface area contributed by atoms with Gasteiger partial charge in [-0.05, 0) is 35.9 Å². The van der Waals surface area contributed by atoms with E-state index in [1.807, 2.05) is 24.3 Å². The van der Waals surface area contributed by atoms with Crippen molar-refractivity contribution in [1.29, 1.82) is 0 Å². The van der Waals surface area contributed by atoms with E-state index in [9.17, 15) is 14.7 Å². The van der Waals surface area contributed by atoms with Crippen LogP contribution in [0.5, 0.6) is 11.5 Å². The number of hydrogen-bond acceptors (Lipinski definition) is 5. The van der Waals surface area contributed by atoms with Crippen molar-refractivity contribution in [2.75, 3.05) is 7.11 Å². The molecule has 0 spiro atoms. The molecule has 1 atom stereocenters. The van der Waals surface area contributed by atoms with Gasteiger partial charge in [-0.25, -0.2) is 0 Å². The Morgan fingerprint density at radius 3 is 2.27 bits per heavy atom.